The number of rotatable bonds is 4. The van der Waals surface area contributed by atoms with Gasteiger partial charge in [0, 0.05) is 11.1 Å². The fraction of sp³-hybridized carbons (Fsp3) is 0.176. The maximum atomic E-state index is 12.0. The van der Waals surface area contributed by atoms with E-state index in [9.17, 15) is 9.59 Å². The third-order valence-electron chi connectivity index (χ3n) is 3.95. The number of carbonyl (C=O) groups excluding carboxylic acids is 1. The van der Waals surface area contributed by atoms with Gasteiger partial charge in [-0.15, -0.1) is 0 Å². The van der Waals surface area contributed by atoms with Crippen molar-refractivity contribution in [1.29, 1.82) is 0 Å². The predicted molar refractivity (Wildman–Crippen MR) is 94.2 cm³/mol. The number of para-hydroxylation sites is 1. The summed E-state index contributed by atoms with van der Waals surface area (Å²) in [4.78, 5) is 23.4. The lowest BCUT2D eigenvalue weighted by Crippen LogP contribution is -2.19. The number of benzene rings is 1. The molecule has 0 saturated heterocycles. The first-order valence-electron chi connectivity index (χ1n) is 7.71. The van der Waals surface area contributed by atoms with E-state index in [1.54, 1.807) is 13.1 Å². The molecule has 0 aliphatic carbocycles. The van der Waals surface area contributed by atoms with Gasteiger partial charge in [-0.3, -0.25) is 19.8 Å². The molecule has 3 rings (SSSR count). The van der Waals surface area contributed by atoms with E-state index in [0.717, 1.165) is 22.6 Å². The van der Waals surface area contributed by atoms with Crippen LogP contribution in [0.1, 0.15) is 33.0 Å². The van der Waals surface area contributed by atoms with E-state index in [0.29, 0.717) is 5.56 Å². The molecule has 3 aromatic rings. The Hall–Kier alpha value is -3.42. The smallest absolute Gasteiger partial charge is 0.289 e. The van der Waals surface area contributed by atoms with Gasteiger partial charge in [-0.05, 0) is 32.9 Å². The molecule has 8 heteroatoms. The topological polar surface area (TPSA) is 108 Å². The van der Waals surface area contributed by atoms with Gasteiger partial charge in [0.2, 0.25) is 0 Å². The minimum Gasteiger partial charge on any atom is -0.293 e. The van der Waals surface area contributed by atoms with Crippen molar-refractivity contribution in [2.24, 2.45) is 5.10 Å². The van der Waals surface area contributed by atoms with E-state index in [4.69, 9.17) is 0 Å². The second-order valence-electron chi connectivity index (χ2n) is 5.61. The minimum atomic E-state index is -0.488. The van der Waals surface area contributed by atoms with E-state index in [1.165, 1.54) is 0 Å². The highest BCUT2D eigenvalue weighted by atomic mass is 16.2. The Morgan fingerprint density at radius 1 is 1.20 bits per heavy atom. The van der Waals surface area contributed by atoms with Gasteiger partial charge in [-0.2, -0.15) is 10.2 Å². The van der Waals surface area contributed by atoms with Crippen LogP contribution in [0.4, 0.5) is 0 Å². The maximum Gasteiger partial charge on any atom is 0.289 e. The normalized spacial score (nSPS) is 11.2. The summed E-state index contributed by atoms with van der Waals surface area (Å²) < 4.78 is 1.83. The second-order valence-corrected chi connectivity index (χ2v) is 5.61. The zero-order chi connectivity index (χ0) is 18.0. The van der Waals surface area contributed by atoms with Gasteiger partial charge < -0.3 is 0 Å². The number of aryl methyl sites for hydroxylation is 1. The molecule has 25 heavy (non-hydrogen) atoms. The summed E-state index contributed by atoms with van der Waals surface area (Å²) in [6.45, 7) is 5.37. The number of H-pyrrole nitrogens is 2. The van der Waals surface area contributed by atoms with Crippen LogP contribution < -0.4 is 11.0 Å². The van der Waals surface area contributed by atoms with E-state index < -0.39 is 5.91 Å². The standard InChI is InChI=1S/C17H18N6O2/c1-10-15(19-21-16(10)24)17(25)20-18-9-14-11(2)22-23(12(14)3)13-7-5-4-6-8-13/h4-9H,1-3H3,(H,20,25)(H2,19,21,24)/b18-9+. The van der Waals surface area contributed by atoms with Gasteiger partial charge in [0.15, 0.2) is 0 Å². The average Bonchev–Trinajstić information content (AvgIpc) is 3.09. The first kappa shape index (κ1) is 16.4. The van der Waals surface area contributed by atoms with Gasteiger partial charge in [0.05, 0.1) is 23.3 Å². The first-order chi connectivity index (χ1) is 12.0. The fourth-order valence-electron chi connectivity index (χ4n) is 2.52. The number of hydrogen-bond donors (Lipinski definition) is 3. The van der Waals surface area contributed by atoms with Crippen LogP contribution in [0.15, 0.2) is 40.2 Å². The van der Waals surface area contributed by atoms with Crippen LogP contribution in [0.25, 0.3) is 5.69 Å². The highest BCUT2D eigenvalue weighted by Gasteiger charge is 2.14. The summed E-state index contributed by atoms with van der Waals surface area (Å²) in [5.74, 6) is -0.488. The summed E-state index contributed by atoms with van der Waals surface area (Å²) in [5, 5.41) is 13.4. The van der Waals surface area contributed by atoms with E-state index in [2.05, 4.69) is 25.8 Å². The zero-order valence-electron chi connectivity index (χ0n) is 14.1. The van der Waals surface area contributed by atoms with Crippen molar-refractivity contribution >= 4 is 12.1 Å². The number of nitrogens with zero attached hydrogens (tertiary/aromatic N) is 3. The van der Waals surface area contributed by atoms with E-state index >= 15 is 0 Å². The van der Waals surface area contributed by atoms with Crippen molar-refractivity contribution in [1.82, 2.24) is 25.4 Å². The molecule has 1 aromatic carbocycles. The molecule has 0 radical (unpaired) electrons. The molecule has 2 heterocycles. The van der Waals surface area contributed by atoms with Gasteiger partial charge >= 0.3 is 0 Å². The highest BCUT2D eigenvalue weighted by molar-refractivity contribution is 5.94. The Labute approximate surface area is 143 Å². The predicted octanol–water partition coefficient (Wildman–Crippen LogP) is 1.58. The van der Waals surface area contributed by atoms with Gasteiger partial charge in [-0.1, -0.05) is 18.2 Å². The maximum absolute atomic E-state index is 12.0. The van der Waals surface area contributed by atoms with Crippen LogP contribution in [-0.2, 0) is 0 Å². The molecular weight excluding hydrogens is 320 g/mol. The van der Waals surface area contributed by atoms with Crippen molar-refractivity contribution in [3.63, 3.8) is 0 Å². The second kappa shape index (κ2) is 6.60. The molecule has 8 nitrogen and oxygen atoms in total. The Kier molecular flexibility index (Phi) is 4.34. The van der Waals surface area contributed by atoms with Crippen molar-refractivity contribution < 1.29 is 4.79 Å². The van der Waals surface area contributed by atoms with Crippen molar-refractivity contribution in [3.05, 3.63) is 68.9 Å². The number of amides is 1. The van der Waals surface area contributed by atoms with Gasteiger partial charge in [-0.25, -0.2) is 10.1 Å². The molecule has 0 unspecified atom stereocenters. The third-order valence-corrected chi connectivity index (χ3v) is 3.95. The molecular formula is C17H18N6O2. The van der Waals surface area contributed by atoms with Gasteiger partial charge in [0.1, 0.15) is 5.69 Å². The van der Waals surface area contributed by atoms with Crippen LogP contribution in [0.3, 0.4) is 0 Å². The quantitative estimate of drug-likeness (QED) is 0.496. The fourth-order valence-corrected chi connectivity index (χ4v) is 2.52. The molecule has 0 atom stereocenters. The molecule has 128 valence electrons. The monoisotopic (exact) mass is 338 g/mol. The minimum absolute atomic E-state index is 0.163. The number of hydrogen-bond acceptors (Lipinski definition) is 4. The zero-order valence-corrected chi connectivity index (χ0v) is 14.1. The number of aromatic amines is 2. The lowest BCUT2D eigenvalue weighted by Gasteiger charge is -2.03. The Morgan fingerprint density at radius 2 is 1.92 bits per heavy atom. The molecule has 0 bridgehead atoms. The lowest BCUT2D eigenvalue weighted by molar-refractivity contribution is 0.0949. The highest BCUT2D eigenvalue weighted by Crippen LogP contribution is 2.16. The van der Waals surface area contributed by atoms with Crippen LogP contribution in [-0.4, -0.2) is 32.1 Å². The molecule has 0 aliphatic heterocycles. The van der Waals surface area contributed by atoms with E-state index in [1.807, 2.05) is 48.9 Å². The molecule has 0 spiro atoms. The van der Waals surface area contributed by atoms with Gasteiger partial charge in [0.25, 0.3) is 11.5 Å². The lowest BCUT2D eigenvalue weighted by atomic mass is 10.2. The molecule has 0 aliphatic rings. The molecule has 0 saturated carbocycles. The van der Waals surface area contributed by atoms with E-state index in [-0.39, 0.29) is 11.3 Å². The van der Waals surface area contributed by atoms with Crippen molar-refractivity contribution in [3.8, 4) is 5.69 Å². The molecule has 0 fully saturated rings. The largest absolute Gasteiger partial charge is 0.293 e. The summed E-state index contributed by atoms with van der Waals surface area (Å²) in [5.41, 5.74) is 6.04. The number of carbonyl (C=O) groups is 1. The van der Waals surface area contributed by atoms with Crippen LogP contribution in [0.2, 0.25) is 0 Å². The van der Waals surface area contributed by atoms with Crippen molar-refractivity contribution in [2.45, 2.75) is 20.8 Å². The van der Waals surface area contributed by atoms with Crippen LogP contribution >= 0.6 is 0 Å². The summed E-state index contributed by atoms with van der Waals surface area (Å²) >= 11 is 0. The first-order valence-corrected chi connectivity index (χ1v) is 7.71. The summed E-state index contributed by atoms with van der Waals surface area (Å²) in [6, 6.07) is 9.76. The Bertz CT molecular complexity index is 994. The third kappa shape index (κ3) is 3.14. The molecule has 1 amide bonds. The molecule has 2 aromatic heterocycles. The number of hydrazone groups is 1. The summed E-state index contributed by atoms with van der Waals surface area (Å²) in [7, 11) is 0. The number of aromatic nitrogens is 4. The number of nitrogens with one attached hydrogen (secondary N) is 3. The van der Waals surface area contributed by atoms with Crippen LogP contribution in [0.5, 0.6) is 0 Å². The van der Waals surface area contributed by atoms with Crippen LogP contribution in [0, 0.1) is 20.8 Å². The molecule has 3 N–H and O–H groups in total. The Balaban J connectivity index is 1.80. The average molecular weight is 338 g/mol. The summed E-state index contributed by atoms with van der Waals surface area (Å²) in [6.07, 6.45) is 1.55. The Morgan fingerprint density at radius 3 is 2.56 bits per heavy atom. The SMILES string of the molecule is Cc1nn(-c2ccccc2)c(C)c1/C=N/NC(=O)c1[nH][nH]c(=O)c1C. The van der Waals surface area contributed by atoms with Crippen molar-refractivity contribution in [2.75, 3.05) is 0 Å².